The molecule has 31 heavy (non-hydrogen) atoms. The lowest BCUT2D eigenvalue weighted by Crippen LogP contribution is -2.23. The van der Waals surface area contributed by atoms with Crippen LogP contribution in [0.1, 0.15) is 24.1 Å². The number of pyridine rings is 1. The zero-order chi connectivity index (χ0) is 21.4. The molecule has 1 aromatic carbocycles. The van der Waals surface area contributed by atoms with Crippen LogP contribution in [0.4, 0.5) is 0 Å². The molecule has 0 radical (unpaired) electrons. The Labute approximate surface area is 179 Å². The minimum atomic E-state index is -0.473. The van der Waals surface area contributed by atoms with E-state index in [1.54, 1.807) is 6.20 Å². The van der Waals surface area contributed by atoms with E-state index in [4.69, 9.17) is 18.9 Å². The number of ketones is 1. The van der Waals surface area contributed by atoms with Crippen molar-refractivity contribution in [2.45, 2.75) is 24.7 Å². The molecule has 5 rings (SSSR count). The summed E-state index contributed by atoms with van der Waals surface area (Å²) in [6, 6.07) is 11.5. The summed E-state index contributed by atoms with van der Waals surface area (Å²) in [5, 5.41) is 0. The molecular formula is C23H21N3O5. The summed E-state index contributed by atoms with van der Waals surface area (Å²) >= 11 is 0. The SMILES string of the molecule is COc1ncc(-c2cccc(CC(=O)C3(c4ccc5c(c4)OCO5)CC3)n2)c(OC)n1. The largest absolute Gasteiger partial charge is 0.480 e. The second kappa shape index (κ2) is 7.54. The maximum absolute atomic E-state index is 13.3. The van der Waals surface area contributed by atoms with Gasteiger partial charge in [0.25, 0.3) is 0 Å². The minimum Gasteiger partial charge on any atom is -0.480 e. The molecule has 2 aliphatic rings. The number of rotatable bonds is 7. The Morgan fingerprint density at radius 3 is 2.68 bits per heavy atom. The van der Waals surface area contributed by atoms with Crippen molar-refractivity contribution in [3.63, 3.8) is 0 Å². The Balaban J connectivity index is 1.39. The molecule has 1 fully saturated rings. The van der Waals surface area contributed by atoms with E-state index in [0.29, 0.717) is 28.6 Å². The molecule has 0 spiro atoms. The number of carbonyl (C=O) groups excluding carboxylic acids is 1. The number of nitrogens with zero attached hydrogens (tertiary/aromatic N) is 3. The molecule has 0 N–H and O–H groups in total. The molecule has 0 amide bonds. The second-order valence-corrected chi connectivity index (χ2v) is 7.54. The van der Waals surface area contributed by atoms with E-state index >= 15 is 0 Å². The summed E-state index contributed by atoms with van der Waals surface area (Å²) in [7, 11) is 3.02. The maximum atomic E-state index is 13.3. The lowest BCUT2D eigenvalue weighted by Gasteiger charge is -2.15. The molecule has 1 saturated carbocycles. The number of hydrogen-bond donors (Lipinski definition) is 0. The molecular weight excluding hydrogens is 398 g/mol. The van der Waals surface area contributed by atoms with Crippen LogP contribution < -0.4 is 18.9 Å². The highest BCUT2D eigenvalue weighted by molar-refractivity contribution is 5.94. The van der Waals surface area contributed by atoms with Crippen LogP contribution in [-0.4, -0.2) is 41.7 Å². The minimum absolute atomic E-state index is 0.147. The van der Waals surface area contributed by atoms with Gasteiger partial charge in [-0.3, -0.25) is 9.78 Å². The number of hydrogen-bond acceptors (Lipinski definition) is 8. The fourth-order valence-electron chi connectivity index (χ4n) is 3.89. The van der Waals surface area contributed by atoms with Crippen molar-refractivity contribution < 1.29 is 23.7 Å². The standard InChI is InChI=1S/C23H21N3O5/c1-28-21-16(12-24-22(26-21)29-2)17-5-3-4-15(25-17)11-20(27)23(8-9-23)14-6-7-18-19(10-14)31-13-30-18/h3-7,10,12H,8-9,11,13H2,1-2H3. The van der Waals surface area contributed by atoms with Gasteiger partial charge in [0.1, 0.15) is 5.78 Å². The van der Waals surface area contributed by atoms with Gasteiger partial charge in [-0.1, -0.05) is 12.1 Å². The summed E-state index contributed by atoms with van der Waals surface area (Å²) in [4.78, 5) is 26.3. The van der Waals surface area contributed by atoms with E-state index < -0.39 is 5.41 Å². The van der Waals surface area contributed by atoms with E-state index in [-0.39, 0.29) is 25.0 Å². The number of fused-ring (bicyclic) bond motifs is 1. The van der Waals surface area contributed by atoms with Gasteiger partial charge in [0, 0.05) is 18.3 Å². The Morgan fingerprint density at radius 2 is 1.90 bits per heavy atom. The predicted molar refractivity (Wildman–Crippen MR) is 111 cm³/mol. The van der Waals surface area contributed by atoms with E-state index in [1.165, 1.54) is 14.2 Å². The molecule has 8 heteroatoms. The highest BCUT2D eigenvalue weighted by atomic mass is 16.7. The first-order valence-corrected chi connectivity index (χ1v) is 9.98. The maximum Gasteiger partial charge on any atom is 0.319 e. The lowest BCUT2D eigenvalue weighted by molar-refractivity contribution is -0.120. The van der Waals surface area contributed by atoms with Crippen molar-refractivity contribution in [2.24, 2.45) is 0 Å². The van der Waals surface area contributed by atoms with Gasteiger partial charge in [0.15, 0.2) is 11.5 Å². The Morgan fingerprint density at radius 1 is 1.06 bits per heavy atom. The molecule has 8 nitrogen and oxygen atoms in total. The third kappa shape index (κ3) is 3.43. The highest BCUT2D eigenvalue weighted by Crippen LogP contribution is 2.51. The van der Waals surface area contributed by atoms with Gasteiger partial charge >= 0.3 is 6.01 Å². The topological polar surface area (TPSA) is 92.7 Å². The van der Waals surface area contributed by atoms with Crippen LogP contribution in [0.15, 0.2) is 42.6 Å². The van der Waals surface area contributed by atoms with Crippen molar-refractivity contribution >= 4 is 5.78 Å². The second-order valence-electron chi connectivity index (χ2n) is 7.54. The van der Waals surface area contributed by atoms with Gasteiger partial charge in [0.05, 0.1) is 30.9 Å². The molecule has 1 aliphatic heterocycles. The zero-order valence-corrected chi connectivity index (χ0v) is 17.3. The van der Waals surface area contributed by atoms with Crippen molar-refractivity contribution in [2.75, 3.05) is 21.0 Å². The van der Waals surface area contributed by atoms with E-state index in [9.17, 15) is 4.79 Å². The van der Waals surface area contributed by atoms with Crippen LogP contribution in [0.2, 0.25) is 0 Å². The molecule has 3 aromatic rings. The molecule has 0 unspecified atom stereocenters. The van der Waals surface area contributed by atoms with E-state index in [2.05, 4.69) is 15.0 Å². The van der Waals surface area contributed by atoms with Gasteiger partial charge in [-0.25, -0.2) is 4.98 Å². The fraction of sp³-hybridized carbons (Fsp3) is 0.304. The number of methoxy groups -OCH3 is 2. The normalized spacial score (nSPS) is 15.4. The summed E-state index contributed by atoms with van der Waals surface area (Å²) in [6.07, 6.45) is 3.49. The third-order valence-electron chi connectivity index (χ3n) is 5.74. The highest BCUT2D eigenvalue weighted by Gasteiger charge is 2.51. The molecule has 158 valence electrons. The Bertz CT molecular complexity index is 1160. The lowest BCUT2D eigenvalue weighted by atomic mass is 9.88. The number of benzene rings is 1. The van der Waals surface area contributed by atoms with Crippen LogP contribution in [0.3, 0.4) is 0 Å². The Hall–Kier alpha value is -3.68. The van der Waals surface area contributed by atoms with Crippen LogP contribution >= 0.6 is 0 Å². The van der Waals surface area contributed by atoms with Crippen LogP contribution in [0.5, 0.6) is 23.4 Å². The number of Topliss-reactive ketones (excluding diaryl/α,β-unsaturated/α-hetero) is 1. The van der Waals surface area contributed by atoms with Crippen molar-refractivity contribution in [3.05, 3.63) is 53.9 Å². The van der Waals surface area contributed by atoms with Crippen molar-refractivity contribution in [1.29, 1.82) is 0 Å². The summed E-state index contributed by atoms with van der Waals surface area (Å²) < 4.78 is 21.3. The monoisotopic (exact) mass is 419 g/mol. The first-order chi connectivity index (χ1) is 15.1. The zero-order valence-electron chi connectivity index (χ0n) is 17.3. The van der Waals surface area contributed by atoms with Crippen molar-refractivity contribution in [1.82, 2.24) is 15.0 Å². The average molecular weight is 419 g/mol. The number of carbonyl (C=O) groups is 1. The summed E-state index contributed by atoms with van der Waals surface area (Å²) in [5.41, 5.74) is 2.46. The van der Waals surface area contributed by atoms with Gasteiger partial charge in [-0.05, 0) is 42.7 Å². The smallest absolute Gasteiger partial charge is 0.319 e. The summed E-state index contributed by atoms with van der Waals surface area (Å²) in [6.45, 7) is 0.217. The first-order valence-electron chi connectivity index (χ1n) is 9.98. The van der Waals surface area contributed by atoms with Gasteiger partial charge in [-0.2, -0.15) is 4.98 Å². The van der Waals surface area contributed by atoms with Crippen molar-refractivity contribution in [3.8, 4) is 34.6 Å². The molecule has 0 bridgehead atoms. The van der Waals surface area contributed by atoms with Gasteiger partial charge in [0.2, 0.25) is 12.7 Å². The molecule has 0 saturated heterocycles. The number of ether oxygens (including phenoxy) is 4. The third-order valence-corrected chi connectivity index (χ3v) is 5.74. The van der Waals surface area contributed by atoms with Crippen LogP contribution in [0, 0.1) is 0 Å². The van der Waals surface area contributed by atoms with E-state index in [1.807, 2.05) is 36.4 Å². The van der Waals surface area contributed by atoms with Crippen LogP contribution in [0.25, 0.3) is 11.3 Å². The van der Waals surface area contributed by atoms with Gasteiger partial charge < -0.3 is 18.9 Å². The quantitative estimate of drug-likeness (QED) is 0.577. The predicted octanol–water partition coefficient (Wildman–Crippen LogP) is 3.13. The Kier molecular flexibility index (Phi) is 4.69. The summed E-state index contributed by atoms with van der Waals surface area (Å²) in [5.74, 6) is 1.93. The molecule has 2 aromatic heterocycles. The first kappa shape index (κ1) is 19.3. The average Bonchev–Trinajstić information content (AvgIpc) is 3.49. The fourth-order valence-corrected chi connectivity index (χ4v) is 3.89. The van der Waals surface area contributed by atoms with E-state index in [0.717, 1.165) is 24.2 Å². The molecule has 0 atom stereocenters. The number of aromatic nitrogens is 3. The van der Waals surface area contributed by atoms with Crippen LogP contribution in [-0.2, 0) is 16.6 Å². The van der Waals surface area contributed by atoms with Gasteiger partial charge in [-0.15, -0.1) is 0 Å². The molecule has 1 aliphatic carbocycles. The molecule has 3 heterocycles.